The Morgan fingerprint density at radius 3 is 2.30 bits per heavy atom. The van der Waals surface area contributed by atoms with Crippen LogP contribution < -0.4 is 0 Å². The predicted octanol–water partition coefficient (Wildman–Crippen LogP) is 2.15. The van der Waals surface area contributed by atoms with Crippen molar-refractivity contribution in [2.75, 3.05) is 12.4 Å². The second kappa shape index (κ2) is 6.05. The third kappa shape index (κ3) is 5.12. The van der Waals surface area contributed by atoms with Gasteiger partial charge >= 0.3 is 0 Å². The van der Waals surface area contributed by atoms with Gasteiger partial charge in [0.1, 0.15) is 0 Å². The molecule has 0 rings (SSSR count). The van der Waals surface area contributed by atoms with Gasteiger partial charge in [-0.3, -0.25) is 0 Å². The van der Waals surface area contributed by atoms with Gasteiger partial charge in [-0.1, -0.05) is 20.8 Å². The van der Waals surface area contributed by atoms with Gasteiger partial charge in [-0.2, -0.15) is 11.8 Å². The van der Waals surface area contributed by atoms with E-state index < -0.39 is 0 Å². The molecule has 1 N–H and O–H groups in total. The molecule has 0 aromatic rings. The molecule has 0 saturated heterocycles. The standard InChI is InChI=1S/C8H18OS/c1-4-8(5-9)10-6-7(2)3/h7-9H,4-6H2,1-3H3. The third-order valence-electron chi connectivity index (χ3n) is 1.32. The molecule has 1 atom stereocenters. The Labute approximate surface area is 68.2 Å². The van der Waals surface area contributed by atoms with Gasteiger partial charge in [0.15, 0.2) is 0 Å². The van der Waals surface area contributed by atoms with Crippen molar-refractivity contribution in [2.45, 2.75) is 32.4 Å². The summed E-state index contributed by atoms with van der Waals surface area (Å²) < 4.78 is 0. The Balaban J connectivity index is 3.26. The van der Waals surface area contributed by atoms with Crippen molar-refractivity contribution < 1.29 is 5.11 Å². The van der Waals surface area contributed by atoms with Gasteiger partial charge in [0.25, 0.3) is 0 Å². The first-order valence-corrected chi connectivity index (χ1v) is 4.98. The molecule has 1 unspecified atom stereocenters. The van der Waals surface area contributed by atoms with E-state index in [1.807, 2.05) is 11.8 Å². The first kappa shape index (κ1) is 10.3. The summed E-state index contributed by atoms with van der Waals surface area (Å²) in [7, 11) is 0. The smallest absolute Gasteiger partial charge is 0.0549 e. The summed E-state index contributed by atoms with van der Waals surface area (Å²) in [6.07, 6.45) is 1.08. The highest BCUT2D eigenvalue weighted by molar-refractivity contribution is 7.99. The predicted molar refractivity (Wildman–Crippen MR) is 48.5 cm³/mol. The summed E-state index contributed by atoms with van der Waals surface area (Å²) in [4.78, 5) is 0. The van der Waals surface area contributed by atoms with E-state index in [0.29, 0.717) is 11.9 Å². The summed E-state index contributed by atoms with van der Waals surface area (Å²) in [6, 6.07) is 0. The van der Waals surface area contributed by atoms with E-state index in [1.165, 1.54) is 5.75 Å². The van der Waals surface area contributed by atoms with Crippen LogP contribution in [-0.4, -0.2) is 22.7 Å². The first-order chi connectivity index (χ1) is 4.70. The minimum atomic E-state index is 0.327. The second-order valence-corrected chi connectivity index (χ2v) is 4.27. The van der Waals surface area contributed by atoms with E-state index in [9.17, 15) is 0 Å². The number of thioether (sulfide) groups is 1. The van der Waals surface area contributed by atoms with Crippen LogP contribution in [0.4, 0.5) is 0 Å². The largest absolute Gasteiger partial charge is 0.395 e. The zero-order valence-electron chi connectivity index (χ0n) is 7.13. The summed E-state index contributed by atoms with van der Waals surface area (Å²) in [6.45, 7) is 6.86. The molecule has 10 heavy (non-hydrogen) atoms. The van der Waals surface area contributed by atoms with Gasteiger partial charge in [0.05, 0.1) is 6.61 Å². The first-order valence-electron chi connectivity index (χ1n) is 3.93. The molecule has 0 saturated carbocycles. The molecule has 0 aliphatic rings. The van der Waals surface area contributed by atoms with Crippen LogP contribution in [-0.2, 0) is 0 Å². The Morgan fingerprint density at radius 1 is 1.40 bits per heavy atom. The van der Waals surface area contributed by atoms with Gasteiger partial charge in [-0.15, -0.1) is 0 Å². The van der Waals surface area contributed by atoms with Gasteiger partial charge in [0, 0.05) is 5.25 Å². The average Bonchev–Trinajstić information content (AvgIpc) is 1.90. The van der Waals surface area contributed by atoms with E-state index in [2.05, 4.69) is 20.8 Å². The van der Waals surface area contributed by atoms with E-state index in [-0.39, 0.29) is 0 Å². The maximum absolute atomic E-state index is 8.82. The molecule has 62 valence electrons. The van der Waals surface area contributed by atoms with Crippen LogP contribution in [0.1, 0.15) is 27.2 Å². The third-order valence-corrected chi connectivity index (χ3v) is 3.14. The van der Waals surface area contributed by atoms with Gasteiger partial charge in [-0.25, -0.2) is 0 Å². The molecule has 0 aliphatic carbocycles. The Kier molecular flexibility index (Phi) is 6.24. The van der Waals surface area contributed by atoms with Gasteiger partial charge in [0.2, 0.25) is 0 Å². The van der Waals surface area contributed by atoms with Gasteiger partial charge < -0.3 is 5.11 Å². The molecule has 2 heteroatoms. The summed E-state index contributed by atoms with van der Waals surface area (Å²) >= 11 is 1.88. The summed E-state index contributed by atoms with van der Waals surface area (Å²) in [5, 5.41) is 9.28. The van der Waals surface area contributed by atoms with Crippen LogP contribution in [0.15, 0.2) is 0 Å². The quantitative estimate of drug-likeness (QED) is 0.668. The van der Waals surface area contributed by atoms with Crippen molar-refractivity contribution >= 4 is 11.8 Å². The normalized spacial score (nSPS) is 14.1. The van der Waals surface area contributed by atoms with Crippen molar-refractivity contribution in [1.29, 1.82) is 0 Å². The Hall–Kier alpha value is 0.310. The fourth-order valence-corrected chi connectivity index (χ4v) is 1.63. The van der Waals surface area contributed by atoms with E-state index in [0.717, 1.165) is 12.3 Å². The monoisotopic (exact) mass is 162 g/mol. The molecule has 0 aromatic carbocycles. The molecular formula is C8H18OS. The van der Waals surface area contributed by atoms with Crippen LogP contribution in [0.5, 0.6) is 0 Å². The van der Waals surface area contributed by atoms with Crippen molar-refractivity contribution in [2.24, 2.45) is 5.92 Å². The second-order valence-electron chi connectivity index (χ2n) is 2.94. The van der Waals surface area contributed by atoms with Crippen LogP contribution in [0.2, 0.25) is 0 Å². The van der Waals surface area contributed by atoms with E-state index in [4.69, 9.17) is 5.11 Å². The van der Waals surface area contributed by atoms with E-state index >= 15 is 0 Å². The molecule has 0 radical (unpaired) electrons. The molecule has 0 bridgehead atoms. The lowest BCUT2D eigenvalue weighted by molar-refractivity contribution is 0.292. The summed E-state index contributed by atoms with van der Waals surface area (Å²) in [5.41, 5.74) is 0. The number of hydrogen-bond donors (Lipinski definition) is 1. The Bertz CT molecular complexity index is 69.7. The SMILES string of the molecule is CCC(CO)SCC(C)C. The topological polar surface area (TPSA) is 20.2 Å². The minimum absolute atomic E-state index is 0.327. The molecule has 0 heterocycles. The van der Waals surface area contributed by atoms with Crippen molar-refractivity contribution in [1.82, 2.24) is 0 Å². The zero-order chi connectivity index (χ0) is 7.98. The lowest BCUT2D eigenvalue weighted by Gasteiger charge is -2.11. The zero-order valence-corrected chi connectivity index (χ0v) is 7.95. The molecule has 0 amide bonds. The fraction of sp³-hybridized carbons (Fsp3) is 1.00. The maximum Gasteiger partial charge on any atom is 0.0549 e. The van der Waals surface area contributed by atoms with E-state index in [1.54, 1.807) is 0 Å². The lowest BCUT2D eigenvalue weighted by Crippen LogP contribution is -2.08. The molecule has 0 aliphatic heterocycles. The maximum atomic E-state index is 8.82. The van der Waals surface area contributed by atoms with Gasteiger partial charge in [-0.05, 0) is 18.1 Å². The number of aliphatic hydroxyl groups excluding tert-OH is 1. The number of hydrogen-bond acceptors (Lipinski definition) is 2. The van der Waals surface area contributed by atoms with Crippen LogP contribution in [0, 0.1) is 5.92 Å². The molecule has 0 spiro atoms. The molecule has 0 aromatic heterocycles. The van der Waals surface area contributed by atoms with Crippen molar-refractivity contribution in [3.63, 3.8) is 0 Å². The highest BCUT2D eigenvalue weighted by Gasteiger charge is 2.04. The fourth-order valence-electron chi connectivity index (χ4n) is 0.628. The highest BCUT2D eigenvalue weighted by atomic mass is 32.2. The van der Waals surface area contributed by atoms with Crippen LogP contribution in [0.25, 0.3) is 0 Å². The lowest BCUT2D eigenvalue weighted by atomic mass is 10.3. The van der Waals surface area contributed by atoms with Crippen LogP contribution >= 0.6 is 11.8 Å². The number of aliphatic hydroxyl groups is 1. The minimum Gasteiger partial charge on any atom is -0.395 e. The summed E-state index contributed by atoms with van der Waals surface area (Å²) in [5.74, 6) is 1.91. The Morgan fingerprint density at radius 2 is 2.00 bits per heavy atom. The number of rotatable bonds is 5. The molecule has 0 fully saturated rings. The molecular weight excluding hydrogens is 144 g/mol. The average molecular weight is 162 g/mol. The van der Waals surface area contributed by atoms with Crippen LogP contribution in [0.3, 0.4) is 0 Å². The molecule has 1 nitrogen and oxygen atoms in total. The highest BCUT2D eigenvalue weighted by Crippen LogP contribution is 2.16. The van der Waals surface area contributed by atoms with Crippen molar-refractivity contribution in [3.05, 3.63) is 0 Å². The van der Waals surface area contributed by atoms with Crippen molar-refractivity contribution in [3.8, 4) is 0 Å².